The molecule has 0 spiro atoms. The first kappa shape index (κ1) is 30.9. The number of nitrogens with zero attached hydrogens (tertiary/aromatic N) is 2. The molecule has 45 heavy (non-hydrogen) atoms. The fourth-order valence-electron chi connectivity index (χ4n) is 7.02. The highest BCUT2D eigenvalue weighted by Gasteiger charge is 2.46. The molecule has 4 aromatic carbocycles. The van der Waals surface area contributed by atoms with Gasteiger partial charge in [0, 0.05) is 34.5 Å². The minimum atomic E-state index is -4.60. The molecule has 0 saturated carbocycles. The highest BCUT2D eigenvalue weighted by molar-refractivity contribution is 7.85. The Kier molecular flexibility index (Phi) is 7.40. The van der Waals surface area contributed by atoms with E-state index in [4.69, 9.17) is 0 Å². The van der Waals surface area contributed by atoms with Crippen LogP contribution in [0.25, 0.3) is 21.5 Å². The van der Waals surface area contributed by atoms with Crippen molar-refractivity contribution in [3.8, 4) is 0 Å². The number of allylic oxidation sites excluding steroid dienone is 6. The normalized spacial score (nSPS) is 18.6. The predicted octanol–water partition coefficient (Wildman–Crippen LogP) is 6.17. The van der Waals surface area contributed by atoms with E-state index in [1.807, 2.05) is 100 Å². The number of anilines is 1. The Morgan fingerprint density at radius 2 is 1.31 bits per heavy atom. The van der Waals surface area contributed by atoms with Crippen molar-refractivity contribution >= 4 is 58.9 Å². The van der Waals surface area contributed by atoms with Gasteiger partial charge >= 0.3 is 0 Å². The Morgan fingerprint density at radius 1 is 0.711 bits per heavy atom. The Bertz CT molecular complexity index is 2230. The van der Waals surface area contributed by atoms with Crippen molar-refractivity contribution in [2.45, 2.75) is 38.5 Å². The van der Waals surface area contributed by atoms with E-state index in [9.17, 15) is 25.9 Å². The van der Waals surface area contributed by atoms with Crippen molar-refractivity contribution in [1.29, 1.82) is 0 Å². The lowest BCUT2D eigenvalue weighted by molar-refractivity contribution is -0.416. The van der Waals surface area contributed by atoms with Crippen molar-refractivity contribution in [2.24, 2.45) is 0 Å². The van der Waals surface area contributed by atoms with E-state index >= 15 is 0 Å². The van der Waals surface area contributed by atoms with Crippen LogP contribution in [0.4, 0.5) is 11.4 Å². The molecule has 2 aliphatic rings. The third-order valence-electron chi connectivity index (χ3n) is 8.81. The minimum Gasteiger partial charge on any atom is -0.747 e. The molecule has 0 aromatic heterocycles. The zero-order valence-electron chi connectivity index (χ0n) is 25.4. The second-order valence-corrected chi connectivity index (χ2v) is 15.3. The van der Waals surface area contributed by atoms with Crippen molar-refractivity contribution in [3.05, 3.63) is 120 Å². The van der Waals surface area contributed by atoms with E-state index in [2.05, 4.69) is 0 Å². The lowest BCUT2D eigenvalue weighted by atomic mass is 9.79. The van der Waals surface area contributed by atoms with E-state index in [0.717, 1.165) is 32.7 Å². The fraction of sp³-hybridized carbons (Fsp3) is 0.229. The summed E-state index contributed by atoms with van der Waals surface area (Å²) in [5.41, 5.74) is 3.34. The second kappa shape index (κ2) is 10.8. The number of fused-ring (bicyclic) bond motifs is 6. The molecule has 10 heteroatoms. The molecule has 0 fully saturated rings. The molecule has 4 aromatic rings. The number of hydrogen-bond donors (Lipinski definition) is 0. The van der Waals surface area contributed by atoms with Crippen LogP contribution in [0.1, 0.15) is 38.8 Å². The maximum atomic E-state index is 12.0. The average Bonchev–Trinajstić information content (AvgIpc) is 3.29. The van der Waals surface area contributed by atoms with Gasteiger partial charge in [0.25, 0.3) is 0 Å². The number of hydrogen-bond acceptors (Lipinski definition) is 7. The molecule has 0 saturated heterocycles. The van der Waals surface area contributed by atoms with Gasteiger partial charge in [0.05, 0.1) is 5.41 Å². The Hall–Kier alpha value is -4.09. The zero-order chi connectivity index (χ0) is 32.4. The first-order valence-corrected chi connectivity index (χ1v) is 17.6. The first-order chi connectivity index (χ1) is 21.1. The van der Waals surface area contributed by atoms with Gasteiger partial charge in [-0.2, -0.15) is 4.58 Å². The molecular formula is C35H33N2O6S2-. The van der Waals surface area contributed by atoms with Gasteiger partial charge in [0.15, 0.2) is 15.8 Å². The lowest BCUT2D eigenvalue weighted by Crippen LogP contribution is -2.30. The predicted molar refractivity (Wildman–Crippen MR) is 177 cm³/mol. The molecule has 2 heterocycles. The number of benzene rings is 4. The van der Waals surface area contributed by atoms with Crippen molar-refractivity contribution in [3.63, 3.8) is 0 Å². The quantitative estimate of drug-likeness (QED) is 0.134. The molecule has 8 nitrogen and oxygen atoms in total. The smallest absolute Gasteiger partial charge is 0.237 e. The summed E-state index contributed by atoms with van der Waals surface area (Å²) in [6, 6.07) is 23.3. The molecule has 0 unspecified atom stereocenters. The van der Waals surface area contributed by atoms with Gasteiger partial charge in [-0.1, -0.05) is 86.7 Å². The largest absolute Gasteiger partial charge is 0.747 e. The molecule has 0 atom stereocenters. The monoisotopic (exact) mass is 641 g/mol. The number of rotatable bonds is 7. The highest BCUT2D eigenvalue weighted by atomic mass is 32.2. The van der Waals surface area contributed by atoms with Crippen LogP contribution in [0, 0.1) is 0 Å². The van der Waals surface area contributed by atoms with Gasteiger partial charge in [0.2, 0.25) is 11.6 Å². The lowest BCUT2D eigenvalue weighted by Gasteiger charge is -2.27. The van der Waals surface area contributed by atoms with Crippen LogP contribution in [-0.2, 0) is 31.1 Å². The van der Waals surface area contributed by atoms with Gasteiger partial charge in [-0.3, -0.25) is 0 Å². The van der Waals surface area contributed by atoms with Gasteiger partial charge in [-0.25, -0.2) is 16.8 Å². The third-order valence-corrected chi connectivity index (χ3v) is 9.96. The molecule has 2 aliphatic heterocycles. The van der Waals surface area contributed by atoms with Crippen molar-refractivity contribution in [1.82, 2.24) is 0 Å². The summed E-state index contributed by atoms with van der Waals surface area (Å²) in [6.07, 6.45) is 8.91. The van der Waals surface area contributed by atoms with Crippen molar-refractivity contribution in [2.75, 3.05) is 16.7 Å². The van der Waals surface area contributed by atoms with Crippen LogP contribution in [0.15, 0.2) is 109 Å². The summed E-state index contributed by atoms with van der Waals surface area (Å²) in [4.78, 5) is 1.57. The van der Waals surface area contributed by atoms with E-state index in [1.165, 1.54) is 0 Å². The summed E-state index contributed by atoms with van der Waals surface area (Å²) in [5.74, 6) is -1.40. The summed E-state index contributed by atoms with van der Waals surface area (Å²) in [6.45, 7) is 8.02. The minimum absolute atomic E-state index is 0.612. The maximum Gasteiger partial charge on any atom is 0.237 e. The van der Waals surface area contributed by atoms with Crippen LogP contribution < -0.4 is 4.90 Å². The summed E-state index contributed by atoms with van der Waals surface area (Å²) < 4.78 is 73.4. The van der Waals surface area contributed by atoms with Crippen LogP contribution in [-0.4, -0.2) is 48.0 Å². The third kappa shape index (κ3) is 5.52. The SMILES string of the molecule is CC1(C)C(=CC=CC=CC2=[N+](CS(=O)(=O)[O-])c3ccc4ccccc4c3C2(C)C)N(CS(=O)(=O)[O-])c2ccc3ccccc3c21. The van der Waals surface area contributed by atoms with Crippen LogP contribution in [0.5, 0.6) is 0 Å². The van der Waals surface area contributed by atoms with Crippen LogP contribution >= 0.6 is 0 Å². The first-order valence-electron chi connectivity index (χ1n) is 14.5. The topological polar surface area (TPSA) is 121 Å². The highest BCUT2D eigenvalue weighted by Crippen LogP contribution is 2.51. The van der Waals surface area contributed by atoms with Crippen LogP contribution in [0.3, 0.4) is 0 Å². The zero-order valence-corrected chi connectivity index (χ0v) is 27.0. The molecule has 6 rings (SSSR count). The standard InChI is InChI=1S/C35H34N2O6S2/c1-34(2)30(36(22-44(38,39)40)28-20-18-24-12-8-10-14-26(24)32(28)34)16-6-5-7-17-31-35(3,4)33-27-15-11-9-13-25(27)19-21-29(33)37(31)23-45(41,42)43/h5-21H,22-23H2,1-4H3,(H-,38,39,40,41,42,43)/p-1. The molecule has 0 N–H and O–H groups in total. The van der Waals surface area contributed by atoms with E-state index in [-0.39, 0.29) is 0 Å². The van der Waals surface area contributed by atoms with Gasteiger partial charge in [0.1, 0.15) is 16.0 Å². The molecule has 0 amide bonds. The fourth-order valence-corrected chi connectivity index (χ4v) is 8.21. The molecule has 0 radical (unpaired) electrons. The Balaban J connectivity index is 1.40. The summed E-state index contributed by atoms with van der Waals surface area (Å²) in [7, 11) is -9.19. The molecule has 0 aliphatic carbocycles. The average molecular weight is 642 g/mol. The van der Waals surface area contributed by atoms with Gasteiger partial charge < -0.3 is 14.0 Å². The van der Waals surface area contributed by atoms with Gasteiger partial charge in [-0.15, -0.1) is 0 Å². The maximum absolute atomic E-state index is 12.0. The van der Waals surface area contributed by atoms with Gasteiger partial charge in [-0.05, 0) is 59.2 Å². The van der Waals surface area contributed by atoms with Crippen molar-refractivity contribution < 1.29 is 30.5 Å². The molecular weight excluding hydrogens is 609 g/mol. The molecule has 232 valence electrons. The summed E-state index contributed by atoms with van der Waals surface area (Å²) >= 11 is 0. The Morgan fingerprint density at radius 3 is 1.93 bits per heavy atom. The summed E-state index contributed by atoms with van der Waals surface area (Å²) in [5, 5.41) is 4.01. The van der Waals surface area contributed by atoms with Crippen LogP contribution in [0.2, 0.25) is 0 Å². The Labute approximate surface area is 263 Å². The molecule has 0 bridgehead atoms. The van der Waals surface area contributed by atoms with E-state index in [1.54, 1.807) is 39.9 Å². The van der Waals surface area contributed by atoms with E-state index in [0.29, 0.717) is 22.8 Å². The van der Waals surface area contributed by atoms with E-state index < -0.39 is 42.8 Å². The second-order valence-electron chi connectivity index (χ2n) is 12.5.